The van der Waals surface area contributed by atoms with Gasteiger partial charge in [0.05, 0.1) is 5.75 Å². The normalized spacial score (nSPS) is 9.54. The Hall–Kier alpha value is -0.910. The highest BCUT2D eigenvalue weighted by Gasteiger charge is 1.92. The molecule has 68 valence electrons. The van der Waals surface area contributed by atoms with Gasteiger partial charge in [-0.15, -0.1) is 18.2 Å². The Morgan fingerprint density at radius 1 is 1.23 bits per heavy atom. The summed E-state index contributed by atoms with van der Waals surface area (Å²) in [5, 5.41) is 0. The third-order valence-corrected chi connectivity index (χ3v) is 2.62. The molecular formula is C11H13NS. The third-order valence-electron chi connectivity index (χ3n) is 1.71. The molecule has 0 aromatic heterocycles. The fraction of sp³-hybridized carbons (Fsp3) is 0.273. The molecule has 0 heterocycles. The zero-order valence-electron chi connectivity index (χ0n) is 7.49. The number of hydrogen-bond acceptors (Lipinski definition) is 2. The van der Waals surface area contributed by atoms with Gasteiger partial charge in [0.15, 0.2) is 0 Å². The summed E-state index contributed by atoms with van der Waals surface area (Å²) in [7, 11) is 0. The lowest BCUT2D eigenvalue weighted by atomic mass is 10.1. The first-order valence-corrected chi connectivity index (χ1v) is 5.31. The summed E-state index contributed by atoms with van der Waals surface area (Å²) in [6, 6.07) is 8.33. The second-order valence-electron chi connectivity index (χ2n) is 2.72. The van der Waals surface area contributed by atoms with E-state index in [1.165, 1.54) is 11.1 Å². The predicted octanol–water partition coefficient (Wildman–Crippen LogP) is 2.01. The summed E-state index contributed by atoms with van der Waals surface area (Å²) >= 11 is 1.75. The molecule has 0 aliphatic heterocycles. The summed E-state index contributed by atoms with van der Waals surface area (Å²) in [5.74, 6) is 4.36. The first-order chi connectivity index (χ1) is 6.36. The van der Waals surface area contributed by atoms with Crippen LogP contribution in [0, 0.1) is 12.3 Å². The van der Waals surface area contributed by atoms with Crippen LogP contribution in [0.4, 0.5) is 0 Å². The standard InChI is InChI=1S/C11H13NS/c1-2-7-13-9-11-5-3-10(8-12)4-6-11/h1,3-6H,7-9,12H2. The van der Waals surface area contributed by atoms with E-state index >= 15 is 0 Å². The van der Waals surface area contributed by atoms with Crippen molar-refractivity contribution in [2.24, 2.45) is 5.73 Å². The molecule has 0 atom stereocenters. The minimum atomic E-state index is 0.609. The van der Waals surface area contributed by atoms with Crippen LogP contribution >= 0.6 is 11.8 Å². The fourth-order valence-electron chi connectivity index (χ4n) is 0.999. The molecule has 0 radical (unpaired) electrons. The molecule has 13 heavy (non-hydrogen) atoms. The van der Waals surface area contributed by atoms with Crippen LogP contribution < -0.4 is 5.73 Å². The van der Waals surface area contributed by atoms with Gasteiger partial charge in [0.2, 0.25) is 0 Å². The predicted molar refractivity (Wildman–Crippen MR) is 59.3 cm³/mol. The van der Waals surface area contributed by atoms with E-state index in [4.69, 9.17) is 12.2 Å². The minimum absolute atomic E-state index is 0.609. The van der Waals surface area contributed by atoms with Crippen molar-refractivity contribution in [2.75, 3.05) is 5.75 Å². The van der Waals surface area contributed by atoms with Crippen LogP contribution in [-0.2, 0) is 12.3 Å². The van der Waals surface area contributed by atoms with Crippen molar-refractivity contribution in [3.05, 3.63) is 35.4 Å². The van der Waals surface area contributed by atoms with E-state index in [1.807, 2.05) is 0 Å². The van der Waals surface area contributed by atoms with Crippen LogP contribution in [0.3, 0.4) is 0 Å². The lowest BCUT2D eigenvalue weighted by molar-refractivity contribution is 1.07. The second kappa shape index (κ2) is 5.69. The van der Waals surface area contributed by atoms with Gasteiger partial charge in [0.1, 0.15) is 0 Å². The maximum atomic E-state index is 5.49. The van der Waals surface area contributed by atoms with E-state index < -0.39 is 0 Å². The quantitative estimate of drug-likeness (QED) is 0.582. The highest BCUT2D eigenvalue weighted by molar-refractivity contribution is 7.98. The van der Waals surface area contributed by atoms with Crippen LogP contribution in [0.15, 0.2) is 24.3 Å². The average molecular weight is 191 g/mol. The van der Waals surface area contributed by atoms with Crippen LogP contribution in [0.2, 0.25) is 0 Å². The molecule has 0 aliphatic rings. The Labute approximate surface area is 83.7 Å². The molecule has 0 unspecified atom stereocenters. The average Bonchev–Trinajstić information content (AvgIpc) is 2.19. The Bertz CT molecular complexity index is 284. The van der Waals surface area contributed by atoms with Gasteiger partial charge >= 0.3 is 0 Å². The molecule has 2 N–H and O–H groups in total. The van der Waals surface area contributed by atoms with Gasteiger partial charge in [0, 0.05) is 12.3 Å². The maximum Gasteiger partial charge on any atom is 0.0548 e. The molecule has 0 aliphatic carbocycles. The number of benzene rings is 1. The summed E-state index contributed by atoms with van der Waals surface area (Å²) in [4.78, 5) is 0. The highest BCUT2D eigenvalue weighted by atomic mass is 32.2. The number of hydrogen-bond donors (Lipinski definition) is 1. The van der Waals surface area contributed by atoms with E-state index in [-0.39, 0.29) is 0 Å². The van der Waals surface area contributed by atoms with Crippen molar-refractivity contribution in [1.29, 1.82) is 0 Å². The lowest BCUT2D eigenvalue weighted by Crippen LogP contribution is -1.95. The zero-order valence-corrected chi connectivity index (χ0v) is 8.31. The molecule has 2 heteroatoms. The van der Waals surface area contributed by atoms with Crippen LogP contribution in [0.5, 0.6) is 0 Å². The van der Waals surface area contributed by atoms with Crippen molar-refractivity contribution in [1.82, 2.24) is 0 Å². The Kier molecular flexibility index (Phi) is 4.45. The molecule has 1 aromatic rings. The van der Waals surface area contributed by atoms with E-state index in [1.54, 1.807) is 11.8 Å². The third kappa shape index (κ3) is 3.54. The highest BCUT2D eigenvalue weighted by Crippen LogP contribution is 2.12. The number of rotatable bonds is 4. The van der Waals surface area contributed by atoms with Crippen molar-refractivity contribution >= 4 is 11.8 Å². The van der Waals surface area contributed by atoms with Gasteiger partial charge in [-0.3, -0.25) is 0 Å². The largest absolute Gasteiger partial charge is 0.326 e. The SMILES string of the molecule is C#CCSCc1ccc(CN)cc1. The first kappa shape index (κ1) is 10.2. The molecule has 0 amide bonds. The molecule has 1 nitrogen and oxygen atoms in total. The van der Waals surface area contributed by atoms with Crippen molar-refractivity contribution in [3.8, 4) is 12.3 Å². The number of terminal acetylenes is 1. The summed E-state index contributed by atoms with van der Waals surface area (Å²) < 4.78 is 0. The van der Waals surface area contributed by atoms with E-state index in [9.17, 15) is 0 Å². The minimum Gasteiger partial charge on any atom is -0.326 e. The van der Waals surface area contributed by atoms with Crippen molar-refractivity contribution in [3.63, 3.8) is 0 Å². The topological polar surface area (TPSA) is 26.0 Å². The number of nitrogens with two attached hydrogens (primary N) is 1. The van der Waals surface area contributed by atoms with E-state index in [0.717, 1.165) is 11.5 Å². The summed E-state index contributed by atoms with van der Waals surface area (Å²) in [6.45, 7) is 0.609. The summed E-state index contributed by atoms with van der Waals surface area (Å²) in [5.41, 5.74) is 7.96. The van der Waals surface area contributed by atoms with Gasteiger partial charge in [0.25, 0.3) is 0 Å². The molecule has 0 bridgehead atoms. The molecule has 0 spiro atoms. The van der Waals surface area contributed by atoms with Crippen LogP contribution in [0.1, 0.15) is 11.1 Å². The fourth-order valence-corrected chi connectivity index (χ4v) is 1.65. The second-order valence-corrected chi connectivity index (χ2v) is 3.70. The lowest BCUT2D eigenvalue weighted by Gasteiger charge is -2.00. The van der Waals surface area contributed by atoms with Gasteiger partial charge < -0.3 is 5.73 Å². The van der Waals surface area contributed by atoms with E-state index in [2.05, 4.69) is 30.2 Å². The van der Waals surface area contributed by atoms with Crippen molar-refractivity contribution < 1.29 is 0 Å². The van der Waals surface area contributed by atoms with E-state index in [0.29, 0.717) is 6.54 Å². The first-order valence-electron chi connectivity index (χ1n) is 4.16. The smallest absolute Gasteiger partial charge is 0.0548 e. The van der Waals surface area contributed by atoms with Crippen molar-refractivity contribution in [2.45, 2.75) is 12.3 Å². The molecular weight excluding hydrogens is 178 g/mol. The zero-order chi connectivity index (χ0) is 9.52. The van der Waals surface area contributed by atoms with Crippen LogP contribution in [0.25, 0.3) is 0 Å². The Balaban J connectivity index is 2.45. The molecule has 0 saturated carbocycles. The molecule has 0 fully saturated rings. The Morgan fingerprint density at radius 2 is 1.85 bits per heavy atom. The Morgan fingerprint density at radius 3 is 2.38 bits per heavy atom. The molecule has 1 aromatic carbocycles. The maximum absolute atomic E-state index is 5.49. The summed E-state index contributed by atoms with van der Waals surface area (Å²) in [6.07, 6.45) is 5.15. The van der Waals surface area contributed by atoms with Gasteiger partial charge in [-0.25, -0.2) is 0 Å². The monoisotopic (exact) mass is 191 g/mol. The van der Waals surface area contributed by atoms with Gasteiger partial charge in [-0.2, -0.15) is 0 Å². The number of thioether (sulfide) groups is 1. The molecule has 1 rings (SSSR count). The van der Waals surface area contributed by atoms with Gasteiger partial charge in [-0.1, -0.05) is 30.2 Å². The van der Waals surface area contributed by atoms with Crippen LogP contribution in [-0.4, -0.2) is 5.75 Å². The molecule has 0 saturated heterocycles. The van der Waals surface area contributed by atoms with Gasteiger partial charge in [-0.05, 0) is 11.1 Å².